The van der Waals surface area contributed by atoms with E-state index in [9.17, 15) is 27.6 Å². The largest absolute Gasteiger partial charge is 0.466 e. The lowest BCUT2D eigenvalue weighted by molar-refractivity contribution is -0.177. The highest BCUT2D eigenvalue weighted by atomic mass is 19.4. The van der Waals surface area contributed by atoms with Gasteiger partial charge in [-0.05, 0) is 39.2 Å². The van der Waals surface area contributed by atoms with Crippen LogP contribution < -0.4 is 0 Å². The van der Waals surface area contributed by atoms with Crippen molar-refractivity contribution in [3.8, 4) is 0 Å². The number of nitrogens with zero attached hydrogens (tertiary/aromatic N) is 2. The van der Waals surface area contributed by atoms with E-state index in [1.807, 2.05) is 0 Å². The normalized spacial score (nSPS) is 26.2. The zero-order valence-corrected chi connectivity index (χ0v) is 16.2. The number of rotatable bonds is 6. The van der Waals surface area contributed by atoms with E-state index in [0.717, 1.165) is 0 Å². The maximum absolute atomic E-state index is 13.3. The number of halogens is 3. The summed E-state index contributed by atoms with van der Waals surface area (Å²) < 4.78 is 49.3. The third-order valence-electron chi connectivity index (χ3n) is 5.39. The van der Waals surface area contributed by atoms with Crippen molar-refractivity contribution in [3.05, 3.63) is 0 Å². The van der Waals surface area contributed by atoms with Gasteiger partial charge in [-0.2, -0.15) is 13.2 Å². The molecule has 3 atom stereocenters. The summed E-state index contributed by atoms with van der Waals surface area (Å²) in [5.74, 6) is -1.42. The monoisotopic (exact) mass is 408 g/mol. The minimum atomic E-state index is -4.33. The van der Waals surface area contributed by atoms with Gasteiger partial charge in [0.2, 0.25) is 0 Å². The number of Topliss-reactive ketones (excluding diaryl/α,β-unsaturated/α-hetero) is 1. The molecule has 2 fully saturated rings. The number of alkyl halides is 3. The molecule has 160 valence electrons. The topological polar surface area (TPSA) is 76.2 Å². The fourth-order valence-electron chi connectivity index (χ4n) is 4.06. The van der Waals surface area contributed by atoms with Crippen molar-refractivity contribution in [1.29, 1.82) is 0 Å². The lowest BCUT2D eigenvalue weighted by Crippen LogP contribution is -2.54. The standard InChI is InChI=1S/C18H27F3N2O5/c1-3-28-16(25)10-14(24)12-6-8-23(17(26)27-2)13(9-12)11-22-7-4-5-15(22)18(19,20)21/h12-13,15H,3-11H2,1-2H3/t12-,13+,15+/m0/s1. The van der Waals surface area contributed by atoms with Crippen LogP contribution in [-0.4, -0.2) is 79.3 Å². The van der Waals surface area contributed by atoms with Gasteiger partial charge in [0.1, 0.15) is 18.2 Å². The zero-order chi connectivity index (χ0) is 20.9. The SMILES string of the molecule is CCOC(=O)CC(=O)[C@H]1CCN(C(=O)OC)[C@@H](CN2CCC[C@@H]2C(F)(F)F)C1. The number of hydrogen-bond acceptors (Lipinski definition) is 6. The highest BCUT2D eigenvalue weighted by Crippen LogP contribution is 2.34. The van der Waals surface area contributed by atoms with Crippen molar-refractivity contribution < 1.29 is 37.0 Å². The van der Waals surface area contributed by atoms with Gasteiger partial charge in [0.05, 0.1) is 13.7 Å². The van der Waals surface area contributed by atoms with Crippen molar-refractivity contribution in [2.24, 2.45) is 5.92 Å². The molecule has 10 heteroatoms. The molecule has 0 aliphatic carbocycles. The van der Waals surface area contributed by atoms with Crippen LogP contribution in [0.25, 0.3) is 0 Å². The summed E-state index contributed by atoms with van der Waals surface area (Å²) in [6.45, 7) is 2.31. The van der Waals surface area contributed by atoms with Crippen LogP contribution in [0.4, 0.5) is 18.0 Å². The smallest absolute Gasteiger partial charge is 0.409 e. The summed E-state index contributed by atoms with van der Waals surface area (Å²) in [6, 6.07) is -2.12. The quantitative estimate of drug-likeness (QED) is 0.496. The number of methoxy groups -OCH3 is 1. The Kier molecular flexibility index (Phi) is 7.68. The Bertz CT molecular complexity index is 584. The molecule has 0 spiro atoms. The number of hydrogen-bond donors (Lipinski definition) is 0. The van der Waals surface area contributed by atoms with Gasteiger partial charge >= 0.3 is 18.2 Å². The second-order valence-corrected chi connectivity index (χ2v) is 7.18. The van der Waals surface area contributed by atoms with Gasteiger partial charge in [-0.1, -0.05) is 0 Å². The first-order valence-corrected chi connectivity index (χ1v) is 9.51. The van der Waals surface area contributed by atoms with Crippen LogP contribution in [0.15, 0.2) is 0 Å². The molecular formula is C18H27F3N2O5. The molecule has 2 saturated heterocycles. The molecular weight excluding hydrogens is 381 g/mol. The fourth-order valence-corrected chi connectivity index (χ4v) is 4.06. The van der Waals surface area contributed by atoms with Crippen LogP contribution >= 0.6 is 0 Å². The number of ether oxygens (including phenoxy) is 2. The summed E-state index contributed by atoms with van der Waals surface area (Å²) in [7, 11) is 1.21. The average Bonchev–Trinajstić information content (AvgIpc) is 3.09. The van der Waals surface area contributed by atoms with Crippen LogP contribution in [-0.2, 0) is 19.1 Å². The third-order valence-corrected chi connectivity index (χ3v) is 5.39. The van der Waals surface area contributed by atoms with E-state index >= 15 is 0 Å². The number of ketones is 1. The van der Waals surface area contributed by atoms with Gasteiger partial charge in [-0.25, -0.2) is 4.79 Å². The van der Waals surface area contributed by atoms with Gasteiger partial charge in [-0.15, -0.1) is 0 Å². The Balaban J connectivity index is 2.08. The van der Waals surface area contributed by atoms with E-state index in [-0.39, 0.29) is 51.3 Å². The first-order valence-electron chi connectivity index (χ1n) is 9.51. The van der Waals surface area contributed by atoms with Crippen LogP contribution in [0.3, 0.4) is 0 Å². The van der Waals surface area contributed by atoms with Gasteiger partial charge in [-0.3, -0.25) is 14.5 Å². The van der Waals surface area contributed by atoms with Gasteiger partial charge in [0, 0.05) is 25.0 Å². The van der Waals surface area contributed by atoms with E-state index in [1.54, 1.807) is 6.92 Å². The number of piperidine rings is 1. The number of esters is 1. The highest BCUT2D eigenvalue weighted by molar-refractivity contribution is 5.96. The predicted octanol–water partition coefficient (Wildman–Crippen LogP) is 2.38. The maximum atomic E-state index is 13.3. The summed E-state index contributed by atoms with van der Waals surface area (Å²) in [5.41, 5.74) is 0. The Labute approximate surface area is 162 Å². The van der Waals surface area contributed by atoms with Crippen molar-refractivity contribution in [2.45, 2.75) is 57.3 Å². The van der Waals surface area contributed by atoms with E-state index in [1.165, 1.54) is 16.9 Å². The maximum Gasteiger partial charge on any atom is 0.409 e. The lowest BCUT2D eigenvalue weighted by Gasteiger charge is -2.41. The molecule has 0 aromatic heterocycles. The van der Waals surface area contributed by atoms with E-state index in [2.05, 4.69) is 0 Å². The van der Waals surface area contributed by atoms with Crippen molar-refractivity contribution >= 4 is 17.8 Å². The summed E-state index contributed by atoms with van der Waals surface area (Å²) >= 11 is 0. The minimum Gasteiger partial charge on any atom is -0.466 e. The van der Waals surface area contributed by atoms with Crippen LogP contribution in [0.1, 0.15) is 39.0 Å². The number of carbonyl (C=O) groups is 3. The summed E-state index contributed by atoms with van der Waals surface area (Å²) in [5, 5.41) is 0. The first-order chi connectivity index (χ1) is 13.2. The fraction of sp³-hybridized carbons (Fsp3) is 0.833. The lowest BCUT2D eigenvalue weighted by atomic mass is 9.86. The molecule has 2 aliphatic rings. The Morgan fingerprint density at radius 2 is 1.86 bits per heavy atom. The number of carbonyl (C=O) groups excluding carboxylic acids is 3. The van der Waals surface area contributed by atoms with Crippen molar-refractivity contribution in [3.63, 3.8) is 0 Å². The summed E-state index contributed by atoms with van der Waals surface area (Å²) in [6.07, 6.45) is -4.32. The zero-order valence-electron chi connectivity index (χ0n) is 16.2. The van der Waals surface area contributed by atoms with Gasteiger partial charge in [0.25, 0.3) is 0 Å². The number of amides is 1. The molecule has 0 aromatic rings. The second-order valence-electron chi connectivity index (χ2n) is 7.18. The van der Waals surface area contributed by atoms with Crippen molar-refractivity contribution in [2.75, 3.05) is 33.4 Å². The second kappa shape index (κ2) is 9.58. The molecule has 0 radical (unpaired) electrons. The number of likely N-dealkylation sites (tertiary alicyclic amines) is 2. The molecule has 2 heterocycles. The third kappa shape index (κ3) is 5.59. The van der Waals surface area contributed by atoms with Crippen LogP contribution in [0.2, 0.25) is 0 Å². The molecule has 7 nitrogen and oxygen atoms in total. The van der Waals surface area contributed by atoms with Crippen LogP contribution in [0, 0.1) is 5.92 Å². The molecule has 28 heavy (non-hydrogen) atoms. The average molecular weight is 408 g/mol. The van der Waals surface area contributed by atoms with Gasteiger partial charge in [0.15, 0.2) is 0 Å². The molecule has 0 bridgehead atoms. The first kappa shape index (κ1) is 22.4. The molecule has 0 N–H and O–H groups in total. The molecule has 0 saturated carbocycles. The molecule has 0 aromatic carbocycles. The predicted molar refractivity (Wildman–Crippen MR) is 92.5 cm³/mol. The summed E-state index contributed by atoms with van der Waals surface area (Å²) in [4.78, 5) is 38.8. The van der Waals surface area contributed by atoms with Crippen molar-refractivity contribution in [1.82, 2.24) is 9.80 Å². The Morgan fingerprint density at radius 1 is 1.14 bits per heavy atom. The van der Waals surface area contributed by atoms with E-state index in [0.29, 0.717) is 12.8 Å². The molecule has 2 rings (SSSR count). The highest BCUT2D eigenvalue weighted by Gasteiger charge is 2.47. The van der Waals surface area contributed by atoms with E-state index in [4.69, 9.17) is 9.47 Å². The molecule has 1 amide bonds. The molecule has 2 aliphatic heterocycles. The molecule has 0 unspecified atom stereocenters. The van der Waals surface area contributed by atoms with Gasteiger partial charge < -0.3 is 14.4 Å². The Morgan fingerprint density at radius 3 is 2.46 bits per heavy atom. The Hall–Kier alpha value is -1.84. The van der Waals surface area contributed by atoms with E-state index < -0.39 is 36.2 Å². The minimum absolute atomic E-state index is 0.0163. The van der Waals surface area contributed by atoms with Crippen LogP contribution in [0.5, 0.6) is 0 Å².